The van der Waals surface area contributed by atoms with Crippen molar-refractivity contribution in [2.45, 2.75) is 0 Å². The molecule has 6 nitrogen and oxygen atoms in total. The van der Waals surface area contributed by atoms with E-state index >= 15 is 0 Å². The van der Waals surface area contributed by atoms with Crippen molar-refractivity contribution in [1.29, 1.82) is 0 Å². The lowest BCUT2D eigenvalue weighted by Crippen LogP contribution is -2.34. The highest BCUT2D eigenvalue weighted by molar-refractivity contribution is 6.56. The summed E-state index contributed by atoms with van der Waals surface area (Å²) < 4.78 is 0. The summed E-state index contributed by atoms with van der Waals surface area (Å²) in [7, 11) is 0. The Kier molecular flexibility index (Phi) is 6.17. The maximum absolute atomic E-state index is 12.4. The van der Waals surface area contributed by atoms with Crippen LogP contribution in [-0.2, 0) is 4.79 Å². The van der Waals surface area contributed by atoms with Gasteiger partial charge in [-0.15, -0.1) is 0 Å². The fourth-order valence-corrected chi connectivity index (χ4v) is 3.71. The van der Waals surface area contributed by atoms with Gasteiger partial charge in [0.15, 0.2) is 5.76 Å². The van der Waals surface area contributed by atoms with Crippen molar-refractivity contribution >= 4 is 87.0 Å². The fourth-order valence-electron chi connectivity index (χ4n) is 2.48. The molecule has 0 unspecified atom stereocenters. The highest BCUT2D eigenvalue weighted by atomic mass is 35.5. The molecule has 0 bridgehead atoms. The number of rotatable bonds is 2. The predicted octanol–water partition coefficient (Wildman–Crippen LogP) is 6.00. The Morgan fingerprint density at radius 3 is 2.14 bits per heavy atom. The molecule has 0 saturated heterocycles. The third-order valence-electron chi connectivity index (χ3n) is 3.82. The minimum absolute atomic E-state index is 0.0636. The summed E-state index contributed by atoms with van der Waals surface area (Å²) in [6.45, 7) is -0.128. The minimum Gasteiger partial charge on any atom is -0.505 e. The number of nitrogens with one attached hydrogen (secondary N) is 3. The molecule has 146 valence electrons. The fraction of sp³-hybridized carbons (Fsp3) is 0.0588. The molecule has 1 aliphatic heterocycles. The lowest BCUT2D eigenvalue weighted by molar-refractivity contribution is -0.114. The highest BCUT2D eigenvalue weighted by Crippen LogP contribution is 2.46. The molecular weight excluding hydrogens is 471 g/mol. The highest BCUT2D eigenvalue weighted by Gasteiger charge is 2.26. The van der Waals surface area contributed by atoms with Crippen LogP contribution in [0.15, 0.2) is 30.0 Å². The first-order valence-corrected chi connectivity index (χ1v) is 9.50. The lowest BCUT2D eigenvalue weighted by Gasteiger charge is -2.15. The van der Waals surface area contributed by atoms with Crippen LogP contribution in [0.5, 0.6) is 0 Å². The van der Waals surface area contributed by atoms with Crippen LogP contribution in [-0.4, -0.2) is 23.5 Å². The van der Waals surface area contributed by atoms with E-state index in [0.29, 0.717) is 11.3 Å². The van der Waals surface area contributed by atoms with Gasteiger partial charge >= 0.3 is 6.03 Å². The van der Waals surface area contributed by atoms with Gasteiger partial charge in [0.1, 0.15) is 5.70 Å². The van der Waals surface area contributed by atoms with Gasteiger partial charge < -0.3 is 21.1 Å². The second-order valence-corrected chi connectivity index (χ2v) is 7.46. The first-order chi connectivity index (χ1) is 13.2. The van der Waals surface area contributed by atoms with Crippen LogP contribution in [0.25, 0.3) is 5.76 Å². The molecule has 0 aromatic heterocycles. The van der Waals surface area contributed by atoms with E-state index in [1.165, 1.54) is 0 Å². The molecule has 0 spiro atoms. The van der Waals surface area contributed by atoms with Crippen molar-refractivity contribution in [3.8, 4) is 0 Å². The molecule has 0 saturated carbocycles. The zero-order valence-electron chi connectivity index (χ0n) is 13.7. The van der Waals surface area contributed by atoms with E-state index in [0.717, 1.165) is 0 Å². The summed E-state index contributed by atoms with van der Waals surface area (Å²) in [5.41, 5.74) is 0.512. The molecule has 28 heavy (non-hydrogen) atoms. The molecule has 0 aliphatic carbocycles. The van der Waals surface area contributed by atoms with E-state index in [2.05, 4.69) is 16.0 Å². The van der Waals surface area contributed by atoms with E-state index < -0.39 is 11.8 Å². The van der Waals surface area contributed by atoms with Gasteiger partial charge in [-0.05, 0) is 12.1 Å². The number of amides is 2. The number of hydrogen-bond acceptors (Lipinski definition) is 4. The van der Waals surface area contributed by atoms with Gasteiger partial charge in [-0.3, -0.25) is 4.79 Å². The Morgan fingerprint density at radius 1 is 0.929 bits per heavy atom. The van der Waals surface area contributed by atoms with E-state index in [1.54, 1.807) is 24.3 Å². The Labute approximate surface area is 184 Å². The van der Waals surface area contributed by atoms with Crippen molar-refractivity contribution in [1.82, 2.24) is 5.32 Å². The van der Waals surface area contributed by atoms with Crippen molar-refractivity contribution in [3.05, 3.63) is 60.6 Å². The van der Waals surface area contributed by atoms with Crippen LogP contribution < -0.4 is 16.0 Å². The minimum atomic E-state index is -0.896. The van der Waals surface area contributed by atoms with Gasteiger partial charge in [-0.25, -0.2) is 4.79 Å². The van der Waals surface area contributed by atoms with Gasteiger partial charge in [0, 0.05) is 11.3 Å². The average molecular weight is 482 g/mol. The number of Topliss-reactive ketones (excluding diaryl/α,β-unsaturated/α-hetero) is 1. The zero-order valence-corrected chi connectivity index (χ0v) is 17.4. The van der Waals surface area contributed by atoms with Gasteiger partial charge in [-0.2, -0.15) is 0 Å². The van der Waals surface area contributed by atoms with Crippen molar-refractivity contribution in [2.75, 3.05) is 17.2 Å². The predicted molar refractivity (Wildman–Crippen MR) is 113 cm³/mol. The second kappa shape index (κ2) is 8.27. The van der Waals surface area contributed by atoms with Crippen LogP contribution >= 0.6 is 58.0 Å². The molecule has 0 atom stereocenters. The molecule has 1 aliphatic rings. The number of fused-ring (bicyclic) bond motifs is 1. The first kappa shape index (κ1) is 20.9. The molecule has 3 rings (SSSR count). The molecular formula is C17H10Cl5N3O3. The standard InChI is InChI=1S/C17H10Cl5N3O3/c18-9-10(19)12(21)15(13(22)11(9)20)25-17(28)24-14-8(26)5-23-7-4-2-1-3-6(7)16(14)27/h1-4,23,27H,5H2,(H2,24,25,28). The van der Waals surface area contributed by atoms with Crippen molar-refractivity contribution in [3.63, 3.8) is 0 Å². The maximum Gasteiger partial charge on any atom is 0.323 e. The summed E-state index contributed by atoms with van der Waals surface area (Å²) in [5, 5.41) is 17.5. The lowest BCUT2D eigenvalue weighted by atomic mass is 10.1. The van der Waals surface area contributed by atoms with Crippen molar-refractivity contribution in [2.24, 2.45) is 0 Å². The monoisotopic (exact) mass is 479 g/mol. The van der Waals surface area contributed by atoms with E-state index in [4.69, 9.17) is 58.0 Å². The topological polar surface area (TPSA) is 90.5 Å². The third kappa shape index (κ3) is 3.83. The number of ketones is 1. The second-order valence-electron chi connectivity index (χ2n) is 5.57. The van der Waals surface area contributed by atoms with Gasteiger partial charge in [0.2, 0.25) is 5.78 Å². The van der Waals surface area contributed by atoms with E-state index in [-0.39, 0.29) is 48.8 Å². The van der Waals surface area contributed by atoms with Gasteiger partial charge in [-0.1, -0.05) is 70.1 Å². The number of hydrogen-bond donors (Lipinski definition) is 4. The number of carbonyl (C=O) groups excluding carboxylic acids is 2. The molecule has 2 aromatic rings. The summed E-state index contributed by atoms with van der Waals surface area (Å²) in [6.07, 6.45) is 0. The Hall–Kier alpha value is -1.83. The van der Waals surface area contributed by atoms with Crippen molar-refractivity contribution < 1.29 is 14.7 Å². The number of aliphatic hydroxyl groups excluding tert-OH is 1. The quantitative estimate of drug-likeness (QED) is 0.313. The van der Waals surface area contributed by atoms with Crippen LogP contribution in [0.3, 0.4) is 0 Å². The number of benzene rings is 2. The van der Waals surface area contributed by atoms with Crippen LogP contribution in [0, 0.1) is 0 Å². The Balaban J connectivity index is 1.93. The summed E-state index contributed by atoms with van der Waals surface area (Å²) in [6, 6.07) is 5.82. The number of para-hydroxylation sites is 1. The van der Waals surface area contributed by atoms with Crippen LogP contribution in [0.1, 0.15) is 5.56 Å². The van der Waals surface area contributed by atoms with Crippen LogP contribution in [0.4, 0.5) is 16.2 Å². The molecule has 11 heteroatoms. The first-order valence-electron chi connectivity index (χ1n) is 7.61. The van der Waals surface area contributed by atoms with E-state index in [9.17, 15) is 14.7 Å². The molecule has 0 fully saturated rings. The molecule has 0 radical (unpaired) electrons. The Morgan fingerprint density at radius 2 is 1.50 bits per heavy atom. The van der Waals surface area contributed by atoms with Gasteiger partial charge in [0.25, 0.3) is 0 Å². The molecule has 2 aromatic carbocycles. The molecule has 4 N–H and O–H groups in total. The average Bonchev–Trinajstić information content (AvgIpc) is 2.80. The Bertz CT molecular complexity index is 1010. The number of carbonyl (C=O) groups is 2. The number of aliphatic hydroxyl groups is 1. The summed E-state index contributed by atoms with van der Waals surface area (Å²) in [4.78, 5) is 24.8. The maximum atomic E-state index is 12.4. The summed E-state index contributed by atoms with van der Waals surface area (Å²) >= 11 is 30.0. The number of urea groups is 1. The van der Waals surface area contributed by atoms with Crippen LogP contribution in [0.2, 0.25) is 25.1 Å². The third-order valence-corrected chi connectivity index (χ3v) is 6.10. The zero-order chi connectivity index (χ0) is 20.6. The number of halogens is 5. The van der Waals surface area contributed by atoms with E-state index in [1.807, 2.05) is 0 Å². The van der Waals surface area contributed by atoms with Gasteiger partial charge in [0.05, 0.1) is 37.3 Å². The SMILES string of the molecule is O=C(NC1=C(O)c2ccccc2NCC1=O)Nc1c(Cl)c(Cl)c(Cl)c(Cl)c1Cl. The largest absolute Gasteiger partial charge is 0.505 e. The summed E-state index contributed by atoms with van der Waals surface area (Å²) in [5.74, 6) is -0.918. The smallest absolute Gasteiger partial charge is 0.323 e. The number of anilines is 2. The molecule has 1 heterocycles. The normalized spacial score (nSPS) is 13.5. The molecule has 2 amide bonds.